The van der Waals surface area contributed by atoms with E-state index >= 15 is 0 Å². The van der Waals surface area contributed by atoms with Gasteiger partial charge in [0.05, 0.1) is 12.0 Å². The molecule has 0 fully saturated rings. The van der Waals surface area contributed by atoms with Gasteiger partial charge in [-0.1, -0.05) is 18.2 Å². The fourth-order valence-corrected chi connectivity index (χ4v) is 3.48. The summed E-state index contributed by atoms with van der Waals surface area (Å²) < 4.78 is 10.8. The van der Waals surface area contributed by atoms with Crippen LogP contribution >= 0.6 is 11.3 Å². The molecule has 0 spiro atoms. The highest BCUT2D eigenvalue weighted by molar-refractivity contribution is 7.13. The number of rotatable bonds is 8. The Morgan fingerprint density at radius 3 is 2.45 bits per heavy atom. The number of para-hydroxylation sites is 1. The molecule has 2 heterocycles. The maximum atomic E-state index is 12.3. The molecule has 156 valence electrons. The Bertz CT molecular complexity index is 1140. The highest BCUT2D eigenvalue weighted by Crippen LogP contribution is 2.23. The summed E-state index contributed by atoms with van der Waals surface area (Å²) in [6.07, 6.45) is 2.18. The lowest BCUT2D eigenvalue weighted by atomic mass is 10.2. The zero-order valence-electron chi connectivity index (χ0n) is 16.4. The van der Waals surface area contributed by atoms with Crippen molar-refractivity contribution in [3.05, 3.63) is 89.8 Å². The Labute approximate surface area is 182 Å². The van der Waals surface area contributed by atoms with E-state index in [4.69, 9.17) is 9.15 Å². The lowest BCUT2D eigenvalue weighted by molar-refractivity contribution is -0.116. The lowest BCUT2D eigenvalue weighted by Gasteiger charge is -2.08. The van der Waals surface area contributed by atoms with Gasteiger partial charge in [-0.25, -0.2) is 4.98 Å². The number of anilines is 2. The van der Waals surface area contributed by atoms with Gasteiger partial charge in [0.1, 0.15) is 11.5 Å². The van der Waals surface area contributed by atoms with Crippen molar-refractivity contribution in [1.29, 1.82) is 0 Å². The van der Waals surface area contributed by atoms with Crippen molar-refractivity contribution in [3.63, 3.8) is 0 Å². The molecular formula is C23H19N3O4S. The standard InChI is InChI=1S/C23H19N3O4S/c27-21(24-16-8-11-19(12-9-16)30-18-5-2-1-3-6-18)13-10-17-15-31-23(25-17)26-22(28)20-7-4-14-29-20/h1-9,11-12,14-15H,10,13H2,(H,24,27)(H,25,26,28). The van der Waals surface area contributed by atoms with Crippen molar-refractivity contribution >= 4 is 34.0 Å². The van der Waals surface area contributed by atoms with Crippen LogP contribution in [0.15, 0.2) is 82.8 Å². The number of nitrogens with one attached hydrogen (secondary N) is 2. The Hall–Kier alpha value is -3.91. The summed E-state index contributed by atoms with van der Waals surface area (Å²) in [4.78, 5) is 28.6. The zero-order chi connectivity index (χ0) is 21.5. The molecule has 0 atom stereocenters. The van der Waals surface area contributed by atoms with Crippen molar-refractivity contribution in [2.24, 2.45) is 0 Å². The first-order chi connectivity index (χ1) is 15.2. The van der Waals surface area contributed by atoms with Crippen molar-refractivity contribution in [2.45, 2.75) is 12.8 Å². The van der Waals surface area contributed by atoms with Crippen LogP contribution in [0.25, 0.3) is 0 Å². The molecule has 2 aromatic carbocycles. The van der Waals surface area contributed by atoms with Crippen LogP contribution in [0.4, 0.5) is 10.8 Å². The predicted molar refractivity (Wildman–Crippen MR) is 119 cm³/mol. The molecule has 0 unspecified atom stereocenters. The molecule has 8 heteroatoms. The highest BCUT2D eigenvalue weighted by Gasteiger charge is 2.12. The quantitative estimate of drug-likeness (QED) is 0.391. The monoisotopic (exact) mass is 433 g/mol. The second-order valence-corrected chi connectivity index (χ2v) is 7.42. The van der Waals surface area contributed by atoms with E-state index in [0.29, 0.717) is 23.0 Å². The van der Waals surface area contributed by atoms with E-state index in [2.05, 4.69) is 15.6 Å². The smallest absolute Gasteiger partial charge is 0.293 e. The summed E-state index contributed by atoms with van der Waals surface area (Å²) in [5.74, 6) is 1.18. The summed E-state index contributed by atoms with van der Waals surface area (Å²) in [6.45, 7) is 0. The average Bonchev–Trinajstić information content (AvgIpc) is 3.47. The van der Waals surface area contributed by atoms with E-state index in [9.17, 15) is 9.59 Å². The first-order valence-corrected chi connectivity index (χ1v) is 10.5. The number of nitrogens with zero attached hydrogens (tertiary/aromatic N) is 1. The third-order valence-electron chi connectivity index (χ3n) is 4.24. The second kappa shape index (κ2) is 9.73. The second-order valence-electron chi connectivity index (χ2n) is 6.56. The van der Waals surface area contributed by atoms with E-state index < -0.39 is 0 Å². The van der Waals surface area contributed by atoms with Gasteiger partial charge < -0.3 is 14.5 Å². The normalized spacial score (nSPS) is 10.5. The van der Waals surface area contributed by atoms with Crippen molar-refractivity contribution in [3.8, 4) is 11.5 Å². The van der Waals surface area contributed by atoms with Crippen LogP contribution in [0.3, 0.4) is 0 Å². The number of aryl methyl sites for hydroxylation is 1. The number of ether oxygens (including phenoxy) is 1. The van der Waals surface area contributed by atoms with E-state index in [1.807, 2.05) is 35.7 Å². The minimum atomic E-state index is -0.358. The van der Waals surface area contributed by atoms with Crippen LogP contribution in [0, 0.1) is 0 Å². The van der Waals surface area contributed by atoms with E-state index in [1.165, 1.54) is 17.6 Å². The molecule has 0 saturated carbocycles. The Kier molecular flexibility index (Phi) is 6.39. The maximum absolute atomic E-state index is 12.3. The Morgan fingerprint density at radius 1 is 0.935 bits per heavy atom. The van der Waals surface area contributed by atoms with Gasteiger partial charge in [0.2, 0.25) is 5.91 Å². The number of aromatic nitrogens is 1. The van der Waals surface area contributed by atoms with Gasteiger partial charge in [-0.2, -0.15) is 0 Å². The number of furan rings is 1. The summed E-state index contributed by atoms with van der Waals surface area (Å²) in [5, 5.41) is 7.82. The van der Waals surface area contributed by atoms with Gasteiger partial charge in [-0.05, 0) is 55.0 Å². The van der Waals surface area contributed by atoms with Crippen LogP contribution in [-0.4, -0.2) is 16.8 Å². The topological polar surface area (TPSA) is 93.5 Å². The van der Waals surface area contributed by atoms with E-state index in [1.54, 1.807) is 36.4 Å². The number of benzene rings is 2. The molecule has 0 aliphatic heterocycles. The highest BCUT2D eigenvalue weighted by atomic mass is 32.1. The van der Waals surface area contributed by atoms with Crippen molar-refractivity contribution < 1.29 is 18.7 Å². The van der Waals surface area contributed by atoms with Gasteiger partial charge in [-0.15, -0.1) is 11.3 Å². The summed E-state index contributed by atoms with van der Waals surface area (Å²) >= 11 is 1.30. The predicted octanol–water partition coefficient (Wildman–Crippen LogP) is 5.35. The molecule has 4 rings (SSSR count). The fraction of sp³-hybridized carbons (Fsp3) is 0.0870. The molecular weight excluding hydrogens is 414 g/mol. The van der Waals surface area contributed by atoms with Gasteiger partial charge in [-0.3, -0.25) is 14.9 Å². The number of carbonyl (C=O) groups excluding carboxylic acids is 2. The molecule has 31 heavy (non-hydrogen) atoms. The van der Waals surface area contributed by atoms with Gasteiger partial charge in [0.25, 0.3) is 5.91 Å². The maximum Gasteiger partial charge on any atom is 0.293 e. The number of amides is 2. The molecule has 0 saturated heterocycles. The molecule has 0 aliphatic carbocycles. The first kappa shape index (κ1) is 20.4. The molecule has 2 N–H and O–H groups in total. The molecule has 7 nitrogen and oxygen atoms in total. The zero-order valence-corrected chi connectivity index (χ0v) is 17.2. The summed E-state index contributed by atoms with van der Waals surface area (Å²) in [7, 11) is 0. The third kappa shape index (κ3) is 5.80. The van der Waals surface area contributed by atoms with Crippen LogP contribution in [0.1, 0.15) is 22.7 Å². The largest absolute Gasteiger partial charge is 0.459 e. The number of carbonyl (C=O) groups is 2. The van der Waals surface area contributed by atoms with E-state index in [-0.39, 0.29) is 24.0 Å². The molecule has 0 radical (unpaired) electrons. The lowest BCUT2D eigenvalue weighted by Crippen LogP contribution is -2.12. The molecule has 0 bridgehead atoms. The van der Waals surface area contributed by atoms with Crippen molar-refractivity contribution in [1.82, 2.24) is 4.98 Å². The van der Waals surface area contributed by atoms with E-state index in [0.717, 1.165) is 11.4 Å². The Morgan fingerprint density at radius 2 is 1.71 bits per heavy atom. The number of thiazole rings is 1. The van der Waals surface area contributed by atoms with Gasteiger partial charge in [0.15, 0.2) is 10.9 Å². The number of hydrogen-bond acceptors (Lipinski definition) is 6. The minimum absolute atomic E-state index is 0.120. The van der Waals surface area contributed by atoms with Gasteiger partial charge in [0, 0.05) is 17.5 Å². The van der Waals surface area contributed by atoms with Gasteiger partial charge >= 0.3 is 0 Å². The summed E-state index contributed by atoms with van der Waals surface area (Å²) in [5.41, 5.74) is 1.43. The van der Waals surface area contributed by atoms with Crippen LogP contribution in [0.5, 0.6) is 11.5 Å². The SMILES string of the molecule is O=C(CCc1csc(NC(=O)c2ccco2)n1)Nc1ccc(Oc2ccccc2)cc1. The fourth-order valence-electron chi connectivity index (χ4n) is 2.74. The molecule has 2 aromatic heterocycles. The van der Waals surface area contributed by atoms with Crippen molar-refractivity contribution in [2.75, 3.05) is 10.6 Å². The van der Waals surface area contributed by atoms with Crippen LogP contribution < -0.4 is 15.4 Å². The molecule has 0 aliphatic rings. The third-order valence-corrected chi connectivity index (χ3v) is 5.05. The molecule has 2 amide bonds. The molecule has 4 aromatic rings. The van der Waals surface area contributed by atoms with Crippen LogP contribution in [0.2, 0.25) is 0 Å². The Balaban J connectivity index is 1.24. The minimum Gasteiger partial charge on any atom is -0.459 e. The summed E-state index contributed by atoms with van der Waals surface area (Å²) in [6, 6.07) is 19.9. The van der Waals surface area contributed by atoms with Crippen LogP contribution in [-0.2, 0) is 11.2 Å². The first-order valence-electron chi connectivity index (χ1n) is 9.58. The average molecular weight is 433 g/mol. The number of hydrogen-bond donors (Lipinski definition) is 2.